The molecule has 2 aromatic rings. The van der Waals surface area contributed by atoms with Crippen molar-refractivity contribution >= 4 is 40.3 Å². The Morgan fingerprint density at radius 1 is 1.25 bits per heavy atom. The number of carbonyl (C=O) groups excluding carboxylic acids is 1. The number of halogens is 1. The van der Waals surface area contributed by atoms with Crippen LogP contribution in [0.3, 0.4) is 0 Å². The van der Waals surface area contributed by atoms with E-state index in [1.54, 1.807) is 12.1 Å². The number of amides is 1. The number of rotatable bonds is 6. The van der Waals surface area contributed by atoms with Crippen molar-refractivity contribution in [2.45, 2.75) is 13.8 Å². The molecule has 0 aliphatic rings. The lowest BCUT2D eigenvalue weighted by Crippen LogP contribution is -2.14. The molecular weight excluding hydrogens is 469 g/mol. The van der Waals surface area contributed by atoms with Gasteiger partial charge in [0.1, 0.15) is 17.7 Å². The summed E-state index contributed by atoms with van der Waals surface area (Å²) in [7, 11) is 1.48. The average Bonchev–Trinajstić information content (AvgIpc) is 2.66. The highest BCUT2D eigenvalue weighted by Crippen LogP contribution is 2.34. The minimum absolute atomic E-state index is 0.0384. The molecule has 0 fully saturated rings. The predicted octanol–water partition coefficient (Wildman–Crippen LogP) is 4.36. The van der Waals surface area contributed by atoms with Crippen LogP contribution >= 0.6 is 22.6 Å². The second kappa shape index (κ2) is 9.77. The monoisotopic (exact) mass is 487 g/mol. The largest absolute Gasteiger partial charge is 0.493 e. The van der Waals surface area contributed by atoms with Gasteiger partial charge in [0.25, 0.3) is 5.91 Å². The zero-order chi connectivity index (χ0) is 20.7. The van der Waals surface area contributed by atoms with Crippen molar-refractivity contribution in [3.8, 4) is 23.6 Å². The van der Waals surface area contributed by atoms with E-state index in [-0.39, 0.29) is 12.2 Å². The van der Waals surface area contributed by atoms with E-state index in [1.807, 2.05) is 66.8 Å². The van der Waals surface area contributed by atoms with Crippen LogP contribution in [0.15, 0.2) is 35.9 Å². The summed E-state index contributed by atoms with van der Waals surface area (Å²) >= 11 is 2.05. The van der Waals surface area contributed by atoms with Crippen LogP contribution in [0.25, 0.3) is 6.08 Å². The van der Waals surface area contributed by atoms with Crippen LogP contribution in [0, 0.1) is 40.1 Å². The highest BCUT2D eigenvalue weighted by molar-refractivity contribution is 14.1. The summed E-state index contributed by atoms with van der Waals surface area (Å²) in [4.78, 5) is 12.5. The molecule has 142 valence electrons. The van der Waals surface area contributed by atoms with Crippen molar-refractivity contribution in [1.29, 1.82) is 10.5 Å². The summed E-state index contributed by atoms with van der Waals surface area (Å²) in [6.07, 6.45) is 1.48. The van der Waals surface area contributed by atoms with Crippen LogP contribution in [0.4, 0.5) is 5.69 Å². The second-order valence-electron chi connectivity index (χ2n) is 5.92. The van der Waals surface area contributed by atoms with Gasteiger partial charge in [-0.2, -0.15) is 10.5 Å². The molecule has 2 aromatic carbocycles. The first kappa shape index (κ1) is 21.3. The van der Waals surface area contributed by atoms with Gasteiger partial charge in [-0.25, -0.2) is 0 Å². The Morgan fingerprint density at radius 3 is 2.61 bits per heavy atom. The summed E-state index contributed by atoms with van der Waals surface area (Å²) in [5.74, 6) is 0.369. The molecule has 1 amide bonds. The minimum atomic E-state index is -0.492. The van der Waals surface area contributed by atoms with Gasteiger partial charge in [0.05, 0.1) is 10.7 Å². The van der Waals surface area contributed by atoms with Crippen LogP contribution in [-0.4, -0.2) is 19.6 Å². The lowest BCUT2D eigenvalue weighted by Gasteiger charge is -2.12. The number of nitrogens with one attached hydrogen (secondary N) is 1. The van der Waals surface area contributed by atoms with Gasteiger partial charge in [-0.15, -0.1) is 0 Å². The van der Waals surface area contributed by atoms with E-state index in [0.717, 1.165) is 11.1 Å². The molecule has 0 unspecified atom stereocenters. The van der Waals surface area contributed by atoms with E-state index in [4.69, 9.17) is 14.7 Å². The molecule has 0 bridgehead atoms. The van der Waals surface area contributed by atoms with Crippen LogP contribution in [0.2, 0.25) is 0 Å². The Morgan fingerprint density at radius 2 is 2.00 bits per heavy atom. The fourth-order valence-corrected chi connectivity index (χ4v) is 3.31. The van der Waals surface area contributed by atoms with E-state index in [2.05, 4.69) is 5.32 Å². The Balaban J connectivity index is 2.33. The van der Waals surface area contributed by atoms with Gasteiger partial charge < -0.3 is 14.8 Å². The first-order valence-electron chi connectivity index (χ1n) is 8.27. The molecule has 7 heteroatoms. The SMILES string of the molecule is COc1cc(/C=C(\C#N)C(=O)Nc2ccc(C)cc2C)cc(I)c1OCC#N. The van der Waals surface area contributed by atoms with Crippen molar-refractivity contribution in [2.75, 3.05) is 19.0 Å². The van der Waals surface area contributed by atoms with Crippen molar-refractivity contribution < 1.29 is 14.3 Å². The predicted molar refractivity (Wildman–Crippen MR) is 115 cm³/mol. The number of nitriles is 2. The number of carbonyl (C=O) groups is 1. The molecular formula is C21H18IN3O3. The van der Waals surface area contributed by atoms with Gasteiger partial charge in [-0.1, -0.05) is 17.7 Å². The number of methoxy groups -OCH3 is 1. The maximum atomic E-state index is 12.5. The number of hydrogen-bond acceptors (Lipinski definition) is 5. The van der Waals surface area contributed by atoms with Crippen molar-refractivity contribution in [3.05, 3.63) is 56.2 Å². The Hall–Kier alpha value is -3.04. The minimum Gasteiger partial charge on any atom is -0.493 e. The molecule has 28 heavy (non-hydrogen) atoms. The van der Waals surface area contributed by atoms with E-state index < -0.39 is 5.91 Å². The normalized spacial score (nSPS) is 10.6. The smallest absolute Gasteiger partial charge is 0.266 e. The van der Waals surface area contributed by atoms with E-state index in [9.17, 15) is 10.1 Å². The number of anilines is 1. The Bertz CT molecular complexity index is 1020. The molecule has 0 spiro atoms. The molecule has 0 radical (unpaired) electrons. The molecule has 0 aliphatic carbocycles. The van der Waals surface area contributed by atoms with Crippen molar-refractivity contribution in [1.82, 2.24) is 0 Å². The van der Waals surface area contributed by atoms with Gasteiger partial charge in [0.2, 0.25) is 0 Å². The molecule has 0 saturated carbocycles. The average molecular weight is 487 g/mol. The fraction of sp³-hybridized carbons (Fsp3) is 0.190. The van der Waals surface area contributed by atoms with Crippen LogP contribution in [0.5, 0.6) is 11.5 Å². The van der Waals surface area contributed by atoms with Crippen LogP contribution in [0.1, 0.15) is 16.7 Å². The van der Waals surface area contributed by atoms with E-state index >= 15 is 0 Å². The third-order valence-electron chi connectivity index (χ3n) is 3.84. The van der Waals surface area contributed by atoms with Crippen molar-refractivity contribution in [2.24, 2.45) is 0 Å². The van der Waals surface area contributed by atoms with Crippen molar-refractivity contribution in [3.63, 3.8) is 0 Å². The number of hydrogen-bond donors (Lipinski definition) is 1. The quantitative estimate of drug-likeness (QED) is 0.371. The third kappa shape index (κ3) is 5.24. The molecule has 2 rings (SSSR count). The van der Waals surface area contributed by atoms with E-state index in [0.29, 0.717) is 26.3 Å². The van der Waals surface area contributed by atoms with Crippen LogP contribution in [-0.2, 0) is 4.79 Å². The highest BCUT2D eigenvalue weighted by atomic mass is 127. The fourth-order valence-electron chi connectivity index (χ4n) is 2.53. The maximum absolute atomic E-state index is 12.5. The van der Waals surface area contributed by atoms with Gasteiger partial charge in [-0.05, 0) is 71.8 Å². The maximum Gasteiger partial charge on any atom is 0.266 e. The van der Waals surface area contributed by atoms with Gasteiger partial charge in [-0.3, -0.25) is 4.79 Å². The molecule has 0 aromatic heterocycles. The third-order valence-corrected chi connectivity index (χ3v) is 4.64. The van der Waals surface area contributed by atoms with Gasteiger partial charge in [0.15, 0.2) is 18.1 Å². The molecule has 6 nitrogen and oxygen atoms in total. The van der Waals surface area contributed by atoms with E-state index in [1.165, 1.54) is 13.2 Å². The molecule has 1 N–H and O–H groups in total. The number of benzene rings is 2. The summed E-state index contributed by atoms with van der Waals surface area (Å²) in [5, 5.41) is 20.9. The molecule has 0 atom stereocenters. The summed E-state index contributed by atoms with van der Waals surface area (Å²) in [5.41, 5.74) is 3.23. The number of aryl methyl sites for hydroxylation is 2. The lowest BCUT2D eigenvalue weighted by molar-refractivity contribution is -0.112. The summed E-state index contributed by atoms with van der Waals surface area (Å²) < 4.78 is 11.4. The molecule has 0 saturated heterocycles. The summed E-state index contributed by atoms with van der Waals surface area (Å²) in [6.45, 7) is 3.76. The van der Waals surface area contributed by atoms with Gasteiger partial charge >= 0.3 is 0 Å². The number of ether oxygens (including phenoxy) is 2. The lowest BCUT2D eigenvalue weighted by atomic mass is 10.1. The van der Waals surface area contributed by atoms with Crippen LogP contribution < -0.4 is 14.8 Å². The second-order valence-corrected chi connectivity index (χ2v) is 7.09. The molecule has 0 heterocycles. The Labute approximate surface area is 177 Å². The number of nitrogens with zero attached hydrogens (tertiary/aromatic N) is 2. The first-order valence-corrected chi connectivity index (χ1v) is 9.35. The summed E-state index contributed by atoms with van der Waals surface area (Å²) in [6, 6.07) is 12.9. The standard InChI is InChI=1S/C21H18IN3O3/c1-13-4-5-18(14(2)8-13)25-21(26)16(12-24)9-15-10-17(22)20(28-7-6-23)19(11-15)27-3/h4-5,8-11H,7H2,1-3H3,(H,25,26)/b16-9+. The molecule has 0 aliphatic heterocycles. The van der Waals surface area contributed by atoms with Gasteiger partial charge in [0, 0.05) is 5.69 Å². The zero-order valence-corrected chi connectivity index (χ0v) is 17.8. The Kier molecular flexibility index (Phi) is 7.42. The zero-order valence-electron chi connectivity index (χ0n) is 15.7. The topological polar surface area (TPSA) is 95.1 Å². The first-order chi connectivity index (χ1) is 13.4. The highest BCUT2D eigenvalue weighted by Gasteiger charge is 2.14.